The van der Waals surface area contributed by atoms with E-state index in [2.05, 4.69) is 87.6 Å². The van der Waals surface area contributed by atoms with Crippen LogP contribution < -0.4 is 10.1 Å². The third-order valence-electron chi connectivity index (χ3n) is 6.12. The Bertz CT molecular complexity index is 965. The number of rotatable bonds is 0. The number of hydrogen-bond acceptors (Lipinski definition) is 2. The van der Waals surface area contributed by atoms with E-state index in [-0.39, 0.29) is 10.8 Å². The Morgan fingerprint density at radius 3 is 2.08 bits per heavy atom. The van der Waals surface area contributed by atoms with Gasteiger partial charge in [0.15, 0.2) is 0 Å². The molecule has 5 rings (SSSR count). The van der Waals surface area contributed by atoms with Crippen molar-refractivity contribution in [2.75, 3.05) is 5.32 Å². The van der Waals surface area contributed by atoms with Gasteiger partial charge in [-0.2, -0.15) is 0 Å². The van der Waals surface area contributed by atoms with E-state index in [0.29, 0.717) is 0 Å². The number of anilines is 2. The molecule has 2 aliphatic heterocycles. The quantitative estimate of drug-likeness (QED) is 0.504. The monoisotopic (exact) mass is 341 g/mol. The number of nitrogens with one attached hydrogen (secondary N) is 1. The molecule has 3 aromatic carbocycles. The van der Waals surface area contributed by atoms with E-state index < -0.39 is 0 Å². The first-order valence-electron chi connectivity index (χ1n) is 9.22. The fourth-order valence-corrected chi connectivity index (χ4v) is 4.54. The first-order chi connectivity index (χ1) is 12.4. The summed E-state index contributed by atoms with van der Waals surface area (Å²) in [5.41, 5.74) is 7.33. The van der Waals surface area contributed by atoms with Crippen molar-refractivity contribution in [1.29, 1.82) is 0 Å². The zero-order valence-electron chi connectivity index (χ0n) is 15.7. The maximum atomic E-state index is 6.30. The normalized spacial score (nSPS) is 17.7. The van der Waals surface area contributed by atoms with E-state index in [4.69, 9.17) is 4.74 Å². The summed E-state index contributed by atoms with van der Waals surface area (Å²) in [6.45, 7) is 9.19. The van der Waals surface area contributed by atoms with Gasteiger partial charge in [0, 0.05) is 39.4 Å². The van der Waals surface area contributed by atoms with Crippen LogP contribution in [0.3, 0.4) is 0 Å². The first-order valence-corrected chi connectivity index (χ1v) is 9.22. The first kappa shape index (κ1) is 15.5. The molecule has 0 aliphatic carbocycles. The van der Waals surface area contributed by atoms with Gasteiger partial charge in [-0.3, -0.25) is 0 Å². The Balaban J connectivity index is 1.75. The molecule has 130 valence electrons. The summed E-state index contributed by atoms with van der Waals surface area (Å²) in [7, 11) is 0. The van der Waals surface area contributed by atoms with Gasteiger partial charge in [0.2, 0.25) is 0 Å². The van der Waals surface area contributed by atoms with Gasteiger partial charge in [0.05, 0.1) is 0 Å². The number of ether oxygens (including phenoxy) is 1. The lowest BCUT2D eigenvalue weighted by Gasteiger charge is -2.40. The summed E-state index contributed by atoms with van der Waals surface area (Å²) >= 11 is 0. The Labute approximate surface area is 154 Å². The molecule has 2 heteroatoms. The molecule has 0 atom stereocenters. The second-order valence-corrected chi connectivity index (χ2v) is 8.41. The van der Waals surface area contributed by atoms with E-state index in [1.807, 2.05) is 6.07 Å². The van der Waals surface area contributed by atoms with Crippen LogP contribution >= 0.6 is 0 Å². The van der Waals surface area contributed by atoms with Crippen molar-refractivity contribution >= 4 is 11.4 Å². The molecule has 0 unspecified atom stereocenters. The van der Waals surface area contributed by atoms with Gasteiger partial charge >= 0.3 is 0 Å². The molecule has 2 heterocycles. The van der Waals surface area contributed by atoms with Crippen LogP contribution in [-0.4, -0.2) is 0 Å². The maximum Gasteiger partial charge on any atom is 0.133 e. The van der Waals surface area contributed by atoms with Crippen LogP contribution in [0.2, 0.25) is 0 Å². The number of fused-ring (bicyclic) bond motifs is 4. The minimum absolute atomic E-state index is 0.0563. The second-order valence-electron chi connectivity index (χ2n) is 8.41. The second kappa shape index (κ2) is 4.91. The van der Waals surface area contributed by atoms with Crippen molar-refractivity contribution in [3.63, 3.8) is 0 Å². The lowest BCUT2D eigenvalue weighted by molar-refractivity contribution is 0.417. The van der Waals surface area contributed by atoms with Crippen molar-refractivity contribution in [2.45, 2.75) is 38.5 Å². The third kappa shape index (κ3) is 1.93. The Hall–Kier alpha value is -2.74. The fourth-order valence-electron chi connectivity index (χ4n) is 4.54. The summed E-state index contributed by atoms with van der Waals surface area (Å²) in [5.74, 6) is 1.91. The predicted molar refractivity (Wildman–Crippen MR) is 107 cm³/mol. The van der Waals surface area contributed by atoms with Crippen LogP contribution in [0.5, 0.6) is 11.5 Å². The van der Waals surface area contributed by atoms with E-state index in [1.54, 1.807) is 0 Å². The molecule has 0 radical (unpaired) electrons. The Kier molecular flexibility index (Phi) is 2.93. The molecule has 0 bridgehead atoms. The Morgan fingerprint density at radius 2 is 1.27 bits per heavy atom. The maximum absolute atomic E-state index is 6.30. The van der Waals surface area contributed by atoms with Crippen LogP contribution in [0, 0.1) is 0 Å². The van der Waals surface area contributed by atoms with Crippen molar-refractivity contribution in [2.24, 2.45) is 0 Å². The van der Waals surface area contributed by atoms with E-state index in [0.717, 1.165) is 17.2 Å². The molecule has 26 heavy (non-hydrogen) atoms. The minimum atomic E-state index is -0.0910. The van der Waals surface area contributed by atoms with Gasteiger partial charge in [0.25, 0.3) is 0 Å². The average Bonchev–Trinajstić information content (AvgIpc) is 2.61. The van der Waals surface area contributed by atoms with Crippen LogP contribution in [0.15, 0.2) is 60.7 Å². The number of benzene rings is 3. The van der Waals surface area contributed by atoms with Gasteiger partial charge in [-0.15, -0.1) is 0 Å². The molecular formula is C24H23NO. The molecule has 3 aromatic rings. The molecule has 0 saturated carbocycles. The molecule has 0 aromatic heterocycles. The highest BCUT2D eigenvalue weighted by Crippen LogP contribution is 2.53. The van der Waals surface area contributed by atoms with Gasteiger partial charge in [0.1, 0.15) is 11.5 Å². The van der Waals surface area contributed by atoms with Crippen molar-refractivity contribution < 1.29 is 4.74 Å². The summed E-state index contributed by atoms with van der Waals surface area (Å²) in [6.07, 6.45) is 0. The van der Waals surface area contributed by atoms with E-state index in [9.17, 15) is 0 Å². The van der Waals surface area contributed by atoms with Gasteiger partial charge in [-0.25, -0.2) is 0 Å². The predicted octanol–water partition coefficient (Wildman–Crippen LogP) is 6.50. The zero-order chi connectivity index (χ0) is 18.1. The van der Waals surface area contributed by atoms with E-state index in [1.165, 1.54) is 27.9 Å². The van der Waals surface area contributed by atoms with Crippen LogP contribution in [0.1, 0.15) is 49.9 Å². The third-order valence-corrected chi connectivity index (χ3v) is 6.12. The van der Waals surface area contributed by atoms with Crippen molar-refractivity contribution in [3.8, 4) is 11.5 Å². The summed E-state index contributed by atoms with van der Waals surface area (Å²) in [5, 5.41) is 3.62. The summed E-state index contributed by atoms with van der Waals surface area (Å²) < 4.78 is 6.30. The van der Waals surface area contributed by atoms with Gasteiger partial charge in [-0.1, -0.05) is 64.1 Å². The molecule has 2 nitrogen and oxygen atoms in total. The smallest absolute Gasteiger partial charge is 0.133 e. The topological polar surface area (TPSA) is 21.3 Å². The Morgan fingerprint density at radius 1 is 0.615 bits per heavy atom. The van der Waals surface area contributed by atoms with Crippen molar-refractivity contribution in [3.05, 3.63) is 82.9 Å². The van der Waals surface area contributed by atoms with Gasteiger partial charge < -0.3 is 10.1 Å². The summed E-state index contributed by atoms with van der Waals surface area (Å²) in [4.78, 5) is 0. The highest BCUT2D eigenvalue weighted by molar-refractivity contribution is 5.78. The van der Waals surface area contributed by atoms with Crippen LogP contribution in [0.4, 0.5) is 11.4 Å². The number of para-hydroxylation sites is 2. The van der Waals surface area contributed by atoms with Gasteiger partial charge in [-0.05, 0) is 29.3 Å². The SMILES string of the molecule is CC1(C)c2ccccc2Nc2cc3c(cc21)C(C)(C)c1ccccc1O3. The fraction of sp³-hybridized carbons (Fsp3) is 0.250. The highest BCUT2D eigenvalue weighted by atomic mass is 16.5. The molecule has 2 aliphatic rings. The molecule has 1 N–H and O–H groups in total. The average molecular weight is 341 g/mol. The lowest BCUT2D eigenvalue weighted by atomic mass is 9.70. The highest BCUT2D eigenvalue weighted by Gasteiger charge is 2.39. The minimum Gasteiger partial charge on any atom is -0.457 e. The largest absolute Gasteiger partial charge is 0.457 e. The molecule has 0 fully saturated rings. The molecule has 0 spiro atoms. The zero-order valence-corrected chi connectivity index (χ0v) is 15.7. The van der Waals surface area contributed by atoms with E-state index >= 15 is 0 Å². The van der Waals surface area contributed by atoms with Crippen molar-refractivity contribution in [1.82, 2.24) is 0 Å². The number of hydrogen-bond donors (Lipinski definition) is 1. The summed E-state index contributed by atoms with van der Waals surface area (Å²) in [6, 6.07) is 21.5. The van der Waals surface area contributed by atoms with Crippen LogP contribution in [-0.2, 0) is 10.8 Å². The lowest BCUT2D eigenvalue weighted by Crippen LogP contribution is -2.29. The molecule has 0 saturated heterocycles. The molecular weight excluding hydrogens is 318 g/mol. The van der Waals surface area contributed by atoms with Crippen LogP contribution in [0.25, 0.3) is 0 Å². The molecule has 0 amide bonds. The standard InChI is InChI=1S/C24H23NO/c1-23(2)15-9-5-7-11-19(15)25-20-14-22-18(13-17(20)23)24(3,4)16-10-6-8-12-21(16)26-22/h5-14,25H,1-4H3.